The zero-order valence-corrected chi connectivity index (χ0v) is 14.3. The fourth-order valence-corrected chi connectivity index (χ4v) is 2.57. The van der Waals surface area contributed by atoms with Crippen molar-refractivity contribution in [3.05, 3.63) is 59.7 Å². The van der Waals surface area contributed by atoms with E-state index in [9.17, 15) is 4.79 Å². The lowest BCUT2D eigenvalue weighted by atomic mass is 9.83. The molecule has 4 nitrogen and oxygen atoms in total. The fraction of sp³-hybridized carbons (Fsp3) is 0.350. The van der Waals surface area contributed by atoms with Crippen molar-refractivity contribution in [3.8, 4) is 5.75 Å². The number of anilines is 1. The molecule has 0 bridgehead atoms. The molecule has 0 aromatic heterocycles. The molecule has 0 spiro atoms. The Bertz CT molecular complexity index is 730. The van der Waals surface area contributed by atoms with Gasteiger partial charge in [-0.15, -0.1) is 0 Å². The molecule has 2 aromatic rings. The molecule has 1 aliphatic heterocycles. The van der Waals surface area contributed by atoms with E-state index in [0.717, 1.165) is 12.2 Å². The molecule has 1 heterocycles. The van der Waals surface area contributed by atoms with Crippen molar-refractivity contribution in [1.29, 1.82) is 0 Å². The maximum Gasteiger partial charge on any atom is 0.256 e. The third-order valence-corrected chi connectivity index (χ3v) is 3.94. The first-order valence-electron chi connectivity index (χ1n) is 8.19. The molecule has 0 saturated carbocycles. The van der Waals surface area contributed by atoms with Crippen LogP contribution in [-0.4, -0.2) is 25.2 Å². The van der Waals surface area contributed by atoms with Crippen molar-refractivity contribution in [3.63, 3.8) is 0 Å². The standard InChI is InChI=1S/C20H23NO3/c1-20(2,3)16-9-5-4-8-15(16)19(22)21-17-10-6-7-11-18(17)24-13-14-12-23-14/h4-11,14H,12-13H2,1-3H3,(H,21,22). The quantitative estimate of drug-likeness (QED) is 0.845. The van der Waals surface area contributed by atoms with Crippen LogP contribution in [0.3, 0.4) is 0 Å². The van der Waals surface area contributed by atoms with Gasteiger partial charge in [0.15, 0.2) is 0 Å². The van der Waals surface area contributed by atoms with Crippen molar-refractivity contribution in [1.82, 2.24) is 0 Å². The van der Waals surface area contributed by atoms with Crippen LogP contribution in [0.2, 0.25) is 0 Å². The molecule has 0 aliphatic carbocycles. The summed E-state index contributed by atoms with van der Waals surface area (Å²) in [5.74, 6) is 0.536. The molecule has 3 rings (SSSR count). The van der Waals surface area contributed by atoms with E-state index in [2.05, 4.69) is 26.1 Å². The van der Waals surface area contributed by atoms with E-state index in [0.29, 0.717) is 23.6 Å². The van der Waals surface area contributed by atoms with Crippen molar-refractivity contribution >= 4 is 11.6 Å². The predicted octanol–water partition coefficient (Wildman–Crippen LogP) is 4.01. The molecular weight excluding hydrogens is 302 g/mol. The summed E-state index contributed by atoms with van der Waals surface area (Å²) in [6.07, 6.45) is 0.176. The smallest absolute Gasteiger partial charge is 0.256 e. The highest BCUT2D eigenvalue weighted by Gasteiger charge is 2.24. The Morgan fingerprint density at radius 3 is 2.54 bits per heavy atom. The van der Waals surface area contributed by atoms with Crippen molar-refractivity contribution in [2.45, 2.75) is 32.3 Å². The molecule has 1 aliphatic rings. The molecule has 4 heteroatoms. The maximum atomic E-state index is 12.8. The first-order chi connectivity index (χ1) is 11.4. The Hall–Kier alpha value is -2.33. The van der Waals surface area contributed by atoms with E-state index in [1.54, 1.807) is 0 Å². The average Bonchev–Trinajstić information content (AvgIpc) is 3.37. The molecule has 0 radical (unpaired) electrons. The number of para-hydroxylation sites is 2. The number of epoxide rings is 1. The third-order valence-electron chi connectivity index (χ3n) is 3.94. The zero-order chi connectivity index (χ0) is 17.2. The van der Waals surface area contributed by atoms with Crippen LogP contribution in [0, 0.1) is 0 Å². The van der Waals surface area contributed by atoms with E-state index >= 15 is 0 Å². The van der Waals surface area contributed by atoms with Crippen LogP contribution in [-0.2, 0) is 10.2 Å². The van der Waals surface area contributed by atoms with Gasteiger partial charge in [-0.1, -0.05) is 51.1 Å². The molecule has 1 unspecified atom stereocenters. The van der Waals surface area contributed by atoms with Gasteiger partial charge in [0.1, 0.15) is 18.5 Å². The third kappa shape index (κ3) is 3.95. The van der Waals surface area contributed by atoms with E-state index < -0.39 is 0 Å². The number of benzene rings is 2. The first kappa shape index (κ1) is 16.5. The lowest BCUT2D eigenvalue weighted by Gasteiger charge is -2.22. The van der Waals surface area contributed by atoms with E-state index in [1.165, 1.54) is 0 Å². The van der Waals surface area contributed by atoms with E-state index in [-0.39, 0.29) is 17.4 Å². The molecule has 1 N–H and O–H groups in total. The highest BCUT2D eigenvalue weighted by molar-refractivity contribution is 6.06. The Morgan fingerprint density at radius 1 is 1.17 bits per heavy atom. The molecule has 1 amide bonds. The minimum absolute atomic E-state index is 0.104. The number of carbonyl (C=O) groups excluding carboxylic acids is 1. The van der Waals surface area contributed by atoms with E-state index in [1.807, 2.05) is 48.5 Å². The van der Waals surface area contributed by atoms with Gasteiger partial charge in [0, 0.05) is 5.56 Å². The topological polar surface area (TPSA) is 50.9 Å². The van der Waals surface area contributed by atoms with Gasteiger partial charge in [-0.05, 0) is 29.2 Å². The summed E-state index contributed by atoms with van der Waals surface area (Å²) in [6, 6.07) is 15.2. The summed E-state index contributed by atoms with van der Waals surface area (Å²) in [7, 11) is 0. The van der Waals surface area contributed by atoms with Gasteiger partial charge in [0.05, 0.1) is 12.3 Å². The Labute approximate surface area is 142 Å². The lowest BCUT2D eigenvalue weighted by molar-refractivity contribution is 0.102. The van der Waals surface area contributed by atoms with Gasteiger partial charge in [0.25, 0.3) is 5.91 Å². The fourth-order valence-electron chi connectivity index (χ4n) is 2.57. The Balaban J connectivity index is 1.80. The number of amides is 1. The maximum absolute atomic E-state index is 12.8. The normalized spacial score (nSPS) is 16.5. The number of hydrogen-bond donors (Lipinski definition) is 1. The summed E-state index contributed by atoms with van der Waals surface area (Å²) < 4.78 is 10.9. The number of rotatable bonds is 5. The Kier molecular flexibility index (Phi) is 4.58. The largest absolute Gasteiger partial charge is 0.489 e. The summed E-state index contributed by atoms with van der Waals surface area (Å²) >= 11 is 0. The molecule has 2 aromatic carbocycles. The summed E-state index contributed by atoms with van der Waals surface area (Å²) in [5.41, 5.74) is 2.28. The molecule has 1 saturated heterocycles. The van der Waals surface area contributed by atoms with Crippen LogP contribution in [0.4, 0.5) is 5.69 Å². The number of hydrogen-bond acceptors (Lipinski definition) is 3. The van der Waals surface area contributed by atoms with Gasteiger partial charge in [-0.25, -0.2) is 0 Å². The number of carbonyl (C=O) groups is 1. The van der Waals surface area contributed by atoms with Crippen LogP contribution in [0.25, 0.3) is 0 Å². The molecule has 1 atom stereocenters. The van der Waals surface area contributed by atoms with Crippen LogP contribution in [0.5, 0.6) is 5.75 Å². The monoisotopic (exact) mass is 325 g/mol. The van der Waals surface area contributed by atoms with Crippen LogP contribution < -0.4 is 10.1 Å². The van der Waals surface area contributed by atoms with E-state index in [4.69, 9.17) is 9.47 Å². The van der Waals surface area contributed by atoms with Gasteiger partial charge >= 0.3 is 0 Å². The lowest BCUT2D eigenvalue weighted by Crippen LogP contribution is -2.21. The summed E-state index contributed by atoms with van der Waals surface area (Å²) in [5, 5.41) is 2.98. The van der Waals surface area contributed by atoms with Crippen molar-refractivity contribution < 1.29 is 14.3 Å². The van der Waals surface area contributed by atoms with Crippen molar-refractivity contribution in [2.75, 3.05) is 18.5 Å². The summed E-state index contributed by atoms with van der Waals surface area (Å²) in [4.78, 5) is 12.8. The highest BCUT2D eigenvalue weighted by Crippen LogP contribution is 2.29. The first-order valence-corrected chi connectivity index (χ1v) is 8.19. The zero-order valence-electron chi connectivity index (χ0n) is 14.3. The second-order valence-corrected chi connectivity index (χ2v) is 7.01. The highest BCUT2D eigenvalue weighted by atomic mass is 16.6. The van der Waals surface area contributed by atoms with Crippen LogP contribution in [0.15, 0.2) is 48.5 Å². The minimum atomic E-state index is -0.126. The van der Waals surface area contributed by atoms with Crippen LogP contribution in [0.1, 0.15) is 36.7 Å². The minimum Gasteiger partial charge on any atom is -0.489 e. The number of ether oxygens (including phenoxy) is 2. The second kappa shape index (κ2) is 6.65. The van der Waals surface area contributed by atoms with Gasteiger partial charge in [-0.2, -0.15) is 0 Å². The summed E-state index contributed by atoms with van der Waals surface area (Å²) in [6.45, 7) is 7.56. The molecule has 24 heavy (non-hydrogen) atoms. The average molecular weight is 325 g/mol. The second-order valence-electron chi connectivity index (χ2n) is 7.01. The molecule has 1 fully saturated rings. The SMILES string of the molecule is CC(C)(C)c1ccccc1C(=O)Nc1ccccc1OCC1CO1. The number of nitrogens with one attached hydrogen (secondary N) is 1. The van der Waals surface area contributed by atoms with Gasteiger partial charge in [-0.3, -0.25) is 4.79 Å². The van der Waals surface area contributed by atoms with Crippen molar-refractivity contribution in [2.24, 2.45) is 0 Å². The molecule has 126 valence electrons. The predicted molar refractivity (Wildman–Crippen MR) is 94.8 cm³/mol. The van der Waals surface area contributed by atoms with Gasteiger partial charge in [0.2, 0.25) is 0 Å². The van der Waals surface area contributed by atoms with Crippen LogP contribution >= 0.6 is 0 Å². The van der Waals surface area contributed by atoms with Gasteiger partial charge < -0.3 is 14.8 Å². The molecular formula is C20H23NO3. The Morgan fingerprint density at radius 2 is 1.83 bits per heavy atom.